The van der Waals surface area contributed by atoms with E-state index in [-0.39, 0.29) is 62.8 Å². The number of amides is 5. The number of hydrogen-bond acceptors (Lipinski definition) is 12. The Bertz CT molecular complexity index is 2100. The maximum absolute atomic E-state index is 14.5. The Hall–Kier alpha value is -5.93. The zero-order valence-corrected chi connectivity index (χ0v) is 36.9. The molecule has 17 nitrogen and oxygen atoms in total. The average Bonchev–Trinajstić information content (AvgIpc) is 3.27. The molecule has 0 spiro atoms. The molecule has 18 heteroatoms. The zero-order chi connectivity index (χ0) is 45.9. The van der Waals surface area contributed by atoms with Gasteiger partial charge in [0.25, 0.3) is 5.91 Å². The van der Waals surface area contributed by atoms with E-state index in [1.165, 1.54) is 31.4 Å². The van der Waals surface area contributed by atoms with Gasteiger partial charge >= 0.3 is 0 Å². The third kappa shape index (κ3) is 14.0. The van der Waals surface area contributed by atoms with Gasteiger partial charge in [-0.25, -0.2) is 0 Å². The minimum Gasteiger partial charge on any atom is -0.494 e. The molecule has 4 atom stereocenters. The van der Waals surface area contributed by atoms with Crippen LogP contribution in [0.4, 0.5) is 0 Å². The summed E-state index contributed by atoms with van der Waals surface area (Å²) in [5.41, 5.74) is 19.6. The van der Waals surface area contributed by atoms with Crippen LogP contribution in [0, 0.1) is 11.3 Å². The number of likely N-dealkylation sites (N-methyl/N-ethyl adjacent to an activating group) is 1. The first-order valence-electron chi connectivity index (χ1n) is 21.3. The molecular formula is C45H60ClN9O8. The molecule has 0 fully saturated rings. The van der Waals surface area contributed by atoms with Gasteiger partial charge < -0.3 is 57.6 Å². The number of benzene rings is 3. The van der Waals surface area contributed by atoms with Crippen molar-refractivity contribution >= 4 is 41.1 Å². The number of halogens is 1. The van der Waals surface area contributed by atoms with Crippen LogP contribution in [0.25, 0.3) is 11.1 Å². The van der Waals surface area contributed by atoms with Crippen LogP contribution in [0.5, 0.6) is 17.2 Å². The quantitative estimate of drug-likeness (QED) is 0.0602. The molecule has 1 aliphatic rings. The average molecular weight is 890 g/mol. The Balaban J connectivity index is 1.76. The van der Waals surface area contributed by atoms with E-state index in [2.05, 4.69) is 28.2 Å². The lowest BCUT2D eigenvalue weighted by molar-refractivity contribution is -0.141. The smallest absolute Gasteiger partial charge is 0.253 e. The van der Waals surface area contributed by atoms with Gasteiger partial charge in [-0.05, 0) is 79.9 Å². The van der Waals surface area contributed by atoms with Crippen molar-refractivity contribution in [2.75, 3.05) is 53.0 Å². The highest BCUT2D eigenvalue weighted by Crippen LogP contribution is 2.40. The number of nitrogens with one attached hydrogen (secondary N) is 4. The minimum atomic E-state index is -1.40. The summed E-state index contributed by atoms with van der Waals surface area (Å²) in [4.78, 5) is 70.9. The second-order valence-electron chi connectivity index (χ2n) is 15.1. The molecule has 3 aromatic rings. The first-order chi connectivity index (χ1) is 30.4. The Morgan fingerprint density at radius 2 is 1.56 bits per heavy atom. The van der Waals surface area contributed by atoms with Gasteiger partial charge in [-0.3, -0.25) is 24.0 Å². The number of nitrogens with two attached hydrogens (primary N) is 3. The molecular weight excluding hydrogens is 830 g/mol. The fourth-order valence-corrected chi connectivity index (χ4v) is 7.29. The van der Waals surface area contributed by atoms with Crippen LogP contribution in [0.15, 0.2) is 54.6 Å². The highest BCUT2D eigenvalue weighted by molar-refractivity contribution is 6.34. The van der Waals surface area contributed by atoms with Crippen LogP contribution in [0.2, 0.25) is 5.02 Å². The van der Waals surface area contributed by atoms with Gasteiger partial charge in [0.05, 0.1) is 23.3 Å². The van der Waals surface area contributed by atoms with E-state index in [4.69, 9.17) is 48.3 Å². The Morgan fingerprint density at radius 1 is 0.873 bits per heavy atom. The fourth-order valence-electron chi connectivity index (χ4n) is 7.03. The highest BCUT2D eigenvalue weighted by Gasteiger charge is 2.36. The summed E-state index contributed by atoms with van der Waals surface area (Å²) in [5.74, 6) is -2.12. The van der Waals surface area contributed by atoms with Crippen LogP contribution in [0.1, 0.15) is 79.9 Å². The molecule has 0 saturated heterocycles. The SMILES string of the molecule is CCCCCCCOc1ccc(C(=O)N[C@@H](CCN)C(=O)N(C)[C@@H]2C(=O)N[C@@H](C)C(=O)N[C@H](C(=O)NCC#N)Cc3ccc(OCCN)c(c3)-c3cc2ccc3OCCN)c(Cl)c1. The summed E-state index contributed by atoms with van der Waals surface area (Å²) in [6, 6.07) is 11.7. The maximum Gasteiger partial charge on any atom is 0.253 e. The van der Waals surface area contributed by atoms with Gasteiger partial charge in [0.15, 0.2) is 0 Å². The normalized spacial score (nSPS) is 16.6. The fraction of sp³-hybridized carbons (Fsp3) is 0.467. The second kappa shape index (κ2) is 25.2. The van der Waals surface area contributed by atoms with Crippen molar-refractivity contribution in [3.63, 3.8) is 0 Å². The van der Waals surface area contributed by atoms with Crippen LogP contribution >= 0.6 is 11.6 Å². The van der Waals surface area contributed by atoms with Gasteiger partial charge in [-0.15, -0.1) is 0 Å². The van der Waals surface area contributed by atoms with Crippen LogP contribution < -0.4 is 52.7 Å². The van der Waals surface area contributed by atoms with Crippen molar-refractivity contribution in [1.82, 2.24) is 26.2 Å². The Morgan fingerprint density at radius 3 is 2.21 bits per heavy atom. The number of unbranched alkanes of at least 4 members (excludes halogenated alkanes) is 4. The van der Waals surface area contributed by atoms with Crippen LogP contribution in [-0.4, -0.2) is 106 Å². The lowest BCUT2D eigenvalue weighted by atomic mass is 9.93. The molecule has 0 aromatic heterocycles. The monoisotopic (exact) mass is 889 g/mol. The van der Waals surface area contributed by atoms with Crippen molar-refractivity contribution in [3.05, 3.63) is 76.3 Å². The van der Waals surface area contributed by atoms with Crippen molar-refractivity contribution in [3.8, 4) is 34.4 Å². The van der Waals surface area contributed by atoms with E-state index in [0.29, 0.717) is 46.1 Å². The van der Waals surface area contributed by atoms with Gasteiger partial charge in [-0.2, -0.15) is 5.26 Å². The number of ether oxygens (including phenoxy) is 3. The molecule has 1 aliphatic heterocycles. The van der Waals surface area contributed by atoms with Gasteiger partial charge in [-0.1, -0.05) is 56.3 Å². The Labute approximate surface area is 373 Å². The summed E-state index contributed by atoms with van der Waals surface area (Å²) in [7, 11) is 1.40. The van der Waals surface area contributed by atoms with E-state index < -0.39 is 53.7 Å². The number of fused-ring (bicyclic) bond motifs is 5. The number of nitriles is 1. The van der Waals surface area contributed by atoms with Crippen molar-refractivity contribution in [2.24, 2.45) is 17.2 Å². The minimum absolute atomic E-state index is 0.0000889. The predicted molar refractivity (Wildman–Crippen MR) is 239 cm³/mol. The molecule has 3 aromatic carbocycles. The predicted octanol–water partition coefficient (Wildman–Crippen LogP) is 2.86. The highest BCUT2D eigenvalue weighted by atomic mass is 35.5. The molecule has 0 aliphatic carbocycles. The first kappa shape index (κ1) is 49.7. The van der Waals surface area contributed by atoms with Crippen molar-refractivity contribution in [1.29, 1.82) is 5.26 Å². The lowest BCUT2D eigenvalue weighted by Crippen LogP contribution is -2.56. The zero-order valence-electron chi connectivity index (χ0n) is 36.2. The molecule has 0 radical (unpaired) electrons. The molecule has 0 unspecified atom stereocenters. The van der Waals surface area contributed by atoms with Crippen LogP contribution in [0.3, 0.4) is 0 Å². The largest absolute Gasteiger partial charge is 0.494 e. The lowest BCUT2D eigenvalue weighted by Gasteiger charge is -2.32. The van der Waals surface area contributed by atoms with Gasteiger partial charge in [0.1, 0.15) is 61.2 Å². The number of nitrogens with zero attached hydrogens (tertiary/aromatic N) is 2. The molecule has 340 valence electrons. The maximum atomic E-state index is 14.5. The Kier molecular flexibility index (Phi) is 19.9. The second-order valence-corrected chi connectivity index (χ2v) is 15.5. The third-order valence-electron chi connectivity index (χ3n) is 10.3. The van der Waals surface area contributed by atoms with E-state index in [1.807, 2.05) is 6.07 Å². The standard InChI is InChI=1S/C45H60ClN9O8/c1-4-5-6-7-8-21-61-31-11-12-32(35(46)27-31)42(57)53-36(15-16-47)45(60)55(3)40-30-10-14-39(63-23-19-50)34(26-30)33-24-29(9-13-38(33)62-22-18-49)25-37(43(58)51-20-17-48)54-41(56)28(2)52-44(40)59/h9-14,24,26-28,36-37,40H,4-8,15-16,18-23,25,47,49-50H2,1-3H3,(H,51,58)(H,52,59)(H,53,57)(H,54,56)/t28-,36-,37-,40-/m0/s1. The van der Waals surface area contributed by atoms with Crippen LogP contribution in [-0.2, 0) is 25.6 Å². The van der Waals surface area contributed by atoms with Gasteiger partial charge in [0, 0.05) is 37.7 Å². The van der Waals surface area contributed by atoms with E-state index >= 15 is 0 Å². The number of carbonyl (C=O) groups excluding carboxylic acids is 5. The summed E-state index contributed by atoms with van der Waals surface area (Å²) >= 11 is 6.56. The summed E-state index contributed by atoms with van der Waals surface area (Å²) in [6.45, 7) is 4.46. The number of rotatable bonds is 21. The summed E-state index contributed by atoms with van der Waals surface area (Å²) in [6.07, 6.45) is 5.37. The molecule has 4 bridgehead atoms. The van der Waals surface area contributed by atoms with Gasteiger partial charge in [0.2, 0.25) is 23.6 Å². The van der Waals surface area contributed by atoms with Crippen molar-refractivity contribution < 1.29 is 38.2 Å². The van der Waals surface area contributed by atoms with E-state index in [9.17, 15) is 24.0 Å². The topological polar surface area (TPSA) is 266 Å². The van der Waals surface area contributed by atoms with E-state index in [1.54, 1.807) is 48.5 Å². The molecule has 10 N–H and O–H groups in total. The molecule has 4 rings (SSSR count). The number of hydrogen-bond donors (Lipinski definition) is 7. The molecule has 63 heavy (non-hydrogen) atoms. The van der Waals surface area contributed by atoms with Crippen molar-refractivity contribution in [2.45, 2.75) is 83.0 Å². The summed E-state index contributed by atoms with van der Waals surface area (Å²) < 4.78 is 18.0. The third-order valence-corrected chi connectivity index (χ3v) is 10.6. The van der Waals surface area contributed by atoms with E-state index in [0.717, 1.165) is 25.7 Å². The molecule has 0 saturated carbocycles. The first-order valence-corrected chi connectivity index (χ1v) is 21.6. The summed E-state index contributed by atoms with van der Waals surface area (Å²) in [5, 5.41) is 19.9. The molecule has 1 heterocycles. The molecule has 5 amide bonds. The number of carbonyl (C=O) groups is 5.